The summed E-state index contributed by atoms with van der Waals surface area (Å²) in [5.41, 5.74) is 3.74. The molecule has 0 aliphatic heterocycles. The number of carbonyl (C=O) groups excluding carboxylic acids is 1. The normalized spacial score (nSPS) is 11.0. The number of para-hydroxylation sites is 1. The summed E-state index contributed by atoms with van der Waals surface area (Å²) in [6.45, 7) is 2.20. The van der Waals surface area contributed by atoms with Gasteiger partial charge in [-0.05, 0) is 37.3 Å². The molecule has 0 saturated carbocycles. The summed E-state index contributed by atoms with van der Waals surface area (Å²) in [7, 11) is 0. The Hall–Kier alpha value is -3.91. The maximum absolute atomic E-state index is 12.8. The number of amides is 1. The van der Waals surface area contributed by atoms with Crippen LogP contribution >= 0.6 is 11.3 Å². The molecule has 1 N–H and O–H groups in total. The zero-order valence-electron chi connectivity index (χ0n) is 16.7. The Morgan fingerprint density at radius 1 is 1.06 bits per heavy atom. The highest BCUT2D eigenvalue weighted by Gasteiger charge is 2.16. The second kappa shape index (κ2) is 8.08. The number of fused-ring (bicyclic) bond motifs is 1. The van der Waals surface area contributed by atoms with Crippen LogP contribution in [0.2, 0.25) is 0 Å². The third-order valence-corrected chi connectivity index (χ3v) is 5.83. The summed E-state index contributed by atoms with van der Waals surface area (Å²) in [6, 6.07) is 17.5. The minimum Gasteiger partial charge on any atom is -0.346 e. The Bertz CT molecular complexity index is 1380. The summed E-state index contributed by atoms with van der Waals surface area (Å²) in [5, 5.41) is 11.1. The van der Waals surface area contributed by atoms with E-state index in [0.29, 0.717) is 17.9 Å². The first-order chi connectivity index (χ1) is 15.2. The van der Waals surface area contributed by atoms with Crippen LogP contribution in [0, 0.1) is 6.92 Å². The predicted molar refractivity (Wildman–Crippen MR) is 120 cm³/mol. The topological polar surface area (TPSA) is 85.6 Å². The summed E-state index contributed by atoms with van der Waals surface area (Å²) >= 11 is 1.51. The van der Waals surface area contributed by atoms with Gasteiger partial charge in [0.15, 0.2) is 5.82 Å². The van der Waals surface area contributed by atoms with Gasteiger partial charge in [0, 0.05) is 17.0 Å². The molecule has 4 aromatic heterocycles. The predicted octanol–water partition coefficient (Wildman–Crippen LogP) is 4.18. The molecule has 1 aromatic carbocycles. The Morgan fingerprint density at radius 2 is 1.94 bits per heavy atom. The third kappa shape index (κ3) is 3.80. The maximum atomic E-state index is 12.8. The van der Waals surface area contributed by atoms with E-state index in [1.54, 1.807) is 17.1 Å². The molecule has 0 atom stereocenters. The van der Waals surface area contributed by atoms with Gasteiger partial charge in [-0.2, -0.15) is 5.10 Å². The highest BCUT2D eigenvalue weighted by molar-refractivity contribution is 7.13. The smallest absolute Gasteiger partial charge is 0.255 e. The lowest BCUT2D eigenvalue weighted by atomic mass is 10.2. The standard InChI is InChI=1S/C23H18N6OS/c1-15-18(13-26-29(15)21-10-9-16-6-2-3-7-19(16)28-21)22(30)25-12-17-14-31-23(27-17)20-8-4-5-11-24-20/h2-11,13-14H,12H2,1H3,(H,25,30). The van der Waals surface area contributed by atoms with Crippen molar-refractivity contribution < 1.29 is 4.79 Å². The molecule has 8 heteroatoms. The highest BCUT2D eigenvalue weighted by atomic mass is 32.1. The van der Waals surface area contributed by atoms with Gasteiger partial charge in [0.1, 0.15) is 5.01 Å². The van der Waals surface area contributed by atoms with E-state index in [4.69, 9.17) is 0 Å². The SMILES string of the molecule is Cc1c(C(=O)NCc2csc(-c3ccccn3)n2)cnn1-c1ccc2ccccc2n1. The highest BCUT2D eigenvalue weighted by Crippen LogP contribution is 2.21. The number of aromatic nitrogens is 5. The van der Waals surface area contributed by atoms with Crippen molar-refractivity contribution in [2.45, 2.75) is 13.5 Å². The van der Waals surface area contributed by atoms with Crippen LogP contribution in [0.5, 0.6) is 0 Å². The lowest BCUT2D eigenvalue weighted by Gasteiger charge is -2.06. The summed E-state index contributed by atoms with van der Waals surface area (Å²) < 4.78 is 1.68. The Balaban J connectivity index is 1.31. The summed E-state index contributed by atoms with van der Waals surface area (Å²) in [4.78, 5) is 26.3. The van der Waals surface area contributed by atoms with Crippen LogP contribution in [0.25, 0.3) is 27.4 Å². The Morgan fingerprint density at radius 3 is 2.81 bits per heavy atom. The second-order valence-electron chi connectivity index (χ2n) is 6.96. The molecular formula is C23H18N6OS. The number of nitrogens with one attached hydrogen (secondary N) is 1. The molecule has 0 aliphatic carbocycles. The molecule has 31 heavy (non-hydrogen) atoms. The number of nitrogens with zero attached hydrogens (tertiary/aromatic N) is 5. The average Bonchev–Trinajstić information content (AvgIpc) is 3.45. The van der Waals surface area contributed by atoms with Crippen LogP contribution in [0.15, 0.2) is 72.4 Å². The fourth-order valence-corrected chi connectivity index (χ4v) is 4.09. The number of thiazole rings is 1. The zero-order valence-corrected chi connectivity index (χ0v) is 17.5. The quantitative estimate of drug-likeness (QED) is 0.456. The van der Waals surface area contributed by atoms with Crippen LogP contribution in [0.4, 0.5) is 0 Å². The number of hydrogen-bond donors (Lipinski definition) is 1. The van der Waals surface area contributed by atoms with E-state index >= 15 is 0 Å². The largest absolute Gasteiger partial charge is 0.346 e. The van der Waals surface area contributed by atoms with Crippen LogP contribution in [-0.2, 0) is 6.54 Å². The maximum Gasteiger partial charge on any atom is 0.255 e. The summed E-state index contributed by atoms with van der Waals surface area (Å²) in [6.07, 6.45) is 3.31. The number of hydrogen-bond acceptors (Lipinski definition) is 6. The first-order valence-electron chi connectivity index (χ1n) is 9.74. The lowest BCUT2D eigenvalue weighted by molar-refractivity contribution is 0.0950. The van der Waals surface area contributed by atoms with Gasteiger partial charge in [-0.1, -0.05) is 24.3 Å². The van der Waals surface area contributed by atoms with Crippen molar-refractivity contribution in [3.8, 4) is 16.5 Å². The van der Waals surface area contributed by atoms with E-state index < -0.39 is 0 Å². The van der Waals surface area contributed by atoms with Crippen LogP contribution in [0.1, 0.15) is 21.7 Å². The van der Waals surface area contributed by atoms with E-state index in [9.17, 15) is 4.79 Å². The van der Waals surface area contributed by atoms with Crippen molar-refractivity contribution in [1.82, 2.24) is 30.0 Å². The van der Waals surface area contributed by atoms with Gasteiger partial charge in [-0.3, -0.25) is 9.78 Å². The molecule has 0 bridgehead atoms. The molecule has 0 saturated heterocycles. The lowest BCUT2D eigenvalue weighted by Crippen LogP contribution is -2.23. The van der Waals surface area contributed by atoms with Gasteiger partial charge in [0.05, 0.1) is 40.9 Å². The number of rotatable bonds is 5. The van der Waals surface area contributed by atoms with E-state index in [1.807, 2.05) is 66.9 Å². The Kier molecular flexibility index (Phi) is 4.97. The molecule has 0 unspecified atom stereocenters. The fraction of sp³-hybridized carbons (Fsp3) is 0.0870. The molecule has 152 valence electrons. The van der Waals surface area contributed by atoms with Crippen LogP contribution in [-0.4, -0.2) is 30.6 Å². The molecule has 0 fully saturated rings. The molecule has 0 aliphatic rings. The van der Waals surface area contributed by atoms with E-state index in [0.717, 1.165) is 33.0 Å². The number of pyridine rings is 2. The molecule has 0 radical (unpaired) electrons. The Labute approximate surface area is 182 Å². The zero-order chi connectivity index (χ0) is 21.2. The molecule has 7 nitrogen and oxygen atoms in total. The minimum absolute atomic E-state index is 0.197. The van der Waals surface area contributed by atoms with Crippen molar-refractivity contribution >= 4 is 28.1 Å². The molecule has 5 rings (SSSR count). The molecule has 1 amide bonds. The monoisotopic (exact) mass is 426 g/mol. The number of carbonyl (C=O) groups is 1. The molecule has 5 aromatic rings. The van der Waals surface area contributed by atoms with Crippen molar-refractivity contribution in [3.63, 3.8) is 0 Å². The van der Waals surface area contributed by atoms with Crippen LogP contribution < -0.4 is 5.32 Å². The van der Waals surface area contributed by atoms with E-state index in [-0.39, 0.29) is 5.91 Å². The van der Waals surface area contributed by atoms with Gasteiger partial charge in [-0.25, -0.2) is 14.6 Å². The van der Waals surface area contributed by atoms with Crippen molar-refractivity contribution in [2.24, 2.45) is 0 Å². The van der Waals surface area contributed by atoms with Gasteiger partial charge >= 0.3 is 0 Å². The van der Waals surface area contributed by atoms with Gasteiger partial charge in [-0.15, -0.1) is 11.3 Å². The first kappa shape index (κ1) is 19.1. The van der Waals surface area contributed by atoms with Crippen molar-refractivity contribution in [2.75, 3.05) is 0 Å². The van der Waals surface area contributed by atoms with Crippen molar-refractivity contribution in [1.29, 1.82) is 0 Å². The minimum atomic E-state index is -0.197. The fourth-order valence-electron chi connectivity index (χ4n) is 3.30. The van der Waals surface area contributed by atoms with E-state index in [1.165, 1.54) is 11.3 Å². The number of benzene rings is 1. The van der Waals surface area contributed by atoms with Gasteiger partial charge in [0.2, 0.25) is 0 Å². The molecule has 0 spiro atoms. The second-order valence-corrected chi connectivity index (χ2v) is 7.82. The van der Waals surface area contributed by atoms with Crippen LogP contribution in [0.3, 0.4) is 0 Å². The molecule has 4 heterocycles. The summed E-state index contributed by atoms with van der Waals surface area (Å²) in [5.74, 6) is 0.478. The third-order valence-electron chi connectivity index (χ3n) is 4.92. The first-order valence-corrected chi connectivity index (χ1v) is 10.6. The van der Waals surface area contributed by atoms with Gasteiger partial charge < -0.3 is 5.32 Å². The van der Waals surface area contributed by atoms with Crippen molar-refractivity contribution in [3.05, 3.63) is 89.3 Å². The van der Waals surface area contributed by atoms with Gasteiger partial charge in [0.25, 0.3) is 5.91 Å². The van der Waals surface area contributed by atoms with E-state index in [2.05, 4.69) is 25.4 Å². The molecular weight excluding hydrogens is 408 g/mol. The average molecular weight is 427 g/mol.